The highest BCUT2D eigenvalue weighted by Crippen LogP contribution is 2.42. The third-order valence-corrected chi connectivity index (χ3v) is 9.66. The molecule has 0 saturated carbocycles. The number of hydrogen-bond donors (Lipinski definition) is 3. The number of nitrogens with zero attached hydrogens (tertiary/aromatic N) is 2. The number of H-pyrrole nitrogens is 1. The molecule has 0 aliphatic heterocycles. The predicted octanol–water partition coefficient (Wildman–Crippen LogP) is 5.51. The standard InChI is InChI=1S/C28H27N5O6S3/c1-3-38-19-9-13-21(14-10-19)41(34,35)32-25-17-26(40-28-29-18-30-31-28)27(24-8-6-5-7-23(24)25)33-42(36,37)22-15-11-20(12-16-22)39-4-2/h5-18,32-33H,3-4H2,1-2H3,(H,29,30,31). The smallest absolute Gasteiger partial charge is 0.261 e. The van der Waals surface area contributed by atoms with Crippen molar-refractivity contribution in [1.29, 1.82) is 0 Å². The molecule has 42 heavy (non-hydrogen) atoms. The van der Waals surface area contributed by atoms with E-state index in [4.69, 9.17) is 9.47 Å². The molecule has 0 saturated heterocycles. The highest BCUT2D eigenvalue weighted by atomic mass is 32.2. The lowest BCUT2D eigenvalue weighted by Gasteiger charge is -2.18. The van der Waals surface area contributed by atoms with E-state index >= 15 is 0 Å². The number of benzene rings is 4. The Bertz CT molecular complexity index is 1900. The maximum absolute atomic E-state index is 13.5. The second kappa shape index (κ2) is 12.3. The van der Waals surface area contributed by atoms with E-state index in [1.807, 2.05) is 13.8 Å². The van der Waals surface area contributed by atoms with Crippen LogP contribution in [0.4, 0.5) is 11.4 Å². The van der Waals surface area contributed by atoms with Crippen molar-refractivity contribution < 1.29 is 26.3 Å². The van der Waals surface area contributed by atoms with Crippen LogP contribution in [0, 0.1) is 0 Å². The Balaban J connectivity index is 1.59. The van der Waals surface area contributed by atoms with Gasteiger partial charge in [0.1, 0.15) is 17.8 Å². The maximum Gasteiger partial charge on any atom is 0.261 e. The van der Waals surface area contributed by atoms with E-state index in [9.17, 15) is 16.8 Å². The number of sulfonamides is 2. The van der Waals surface area contributed by atoms with Crippen molar-refractivity contribution in [1.82, 2.24) is 15.2 Å². The van der Waals surface area contributed by atoms with E-state index in [0.29, 0.717) is 45.5 Å². The van der Waals surface area contributed by atoms with E-state index in [0.717, 1.165) is 11.8 Å². The van der Waals surface area contributed by atoms with Gasteiger partial charge in [0, 0.05) is 15.7 Å². The van der Waals surface area contributed by atoms with E-state index in [-0.39, 0.29) is 21.2 Å². The van der Waals surface area contributed by atoms with Crippen LogP contribution >= 0.6 is 11.8 Å². The molecule has 0 aliphatic carbocycles. The zero-order chi connectivity index (χ0) is 29.7. The Labute approximate surface area is 247 Å². The molecule has 4 aromatic carbocycles. The summed E-state index contributed by atoms with van der Waals surface area (Å²) in [5.41, 5.74) is 0.510. The predicted molar refractivity (Wildman–Crippen MR) is 161 cm³/mol. The number of aromatic nitrogens is 3. The maximum atomic E-state index is 13.5. The first-order chi connectivity index (χ1) is 20.2. The third-order valence-electron chi connectivity index (χ3n) is 5.98. The molecule has 14 heteroatoms. The van der Waals surface area contributed by atoms with Crippen LogP contribution in [0.2, 0.25) is 0 Å². The van der Waals surface area contributed by atoms with Gasteiger partial charge in [0.2, 0.25) is 0 Å². The fourth-order valence-electron chi connectivity index (χ4n) is 4.13. The summed E-state index contributed by atoms with van der Waals surface area (Å²) in [6.45, 7) is 4.59. The van der Waals surface area contributed by atoms with Gasteiger partial charge in [-0.05, 0) is 80.2 Å². The molecule has 0 radical (unpaired) electrons. The Morgan fingerprint density at radius 3 is 1.83 bits per heavy atom. The van der Waals surface area contributed by atoms with Gasteiger partial charge in [-0.25, -0.2) is 21.8 Å². The van der Waals surface area contributed by atoms with Crippen LogP contribution in [-0.2, 0) is 20.0 Å². The SMILES string of the molecule is CCOc1ccc(S(=O)(=O)Nc2cc(Sc3ncn[nH]3)c(NS(=O)(=O)c3ccc(OCC)cc3)c3ccccc23)cc1. The summed E-state index contributed by atoms with van der Waals surface area (Å²) in [7, 11) is -8.07. The van der Waals surface area contributed by atoms with E-state index in [2.05, 4.69) is 24.6 Å². The number of rotatable bonds is 12. The summed E-state index contributed by atoms with van der Waals surface area (Å²) in [6.07, 6.45) is 1.32. The lowest BCUT2D eigenvalue weighted by molar-refractivity contribution is 0.340. The highest BCUT2D eigenvalue weighted by molar-refractivity contribution is 7.99. The molecule has 0 atom stereocenters. The van der Waals surface area contributed by atoms with Gasteiger partial charge < -0.3 is 9.47 Å². The molecular weight excluding hydrogens is 599 g/mol. The minimum Gasteiger partial charge on any atom is -0.494 e. The van der Waals surface area contributed by atoms with Gasteiger partial charge in [-0.2, -0.15) is 5.10 Å². The fraction of sp³-hybridized carbons (Fsp3) is 0.143. The van der Waals surface area contributed by atoms with Crippen molar-refractivity contribution in [3.63, 3.8) is 0 Å². The number of anilines is 2. The van der Waals surface area contributed by atoms with Crippen LogP contribution in [0.15, 0.2) is 105 Å². The van der Waals surface area contributed by atoms with Crippen molar-refractivity contribution >= 4 is 54.0 Å². The molecule has 0 aliphatic rings. The molecule has 5 aromatic rings. The summed E-state index contributed by atoms with van der Waals surface area (Å²) < 4.78 is 70.1. The zero-order valence-electron chi connectivity index (χ0n) is 22.6. The number of aromatic amines is 1. The van der Waals surface area contributed by atoms with Gasteiger partial charge in [-0.3, -0.25) is 14.5 Å². The molecule has 1 heterocycles. The van der Waals surface area contributed by atoms with Crippen LogP contribution in [-0.4, -0.2) is 45.2 Å². The summed E-state index contributed by atoms with van der Waals surface area (Å²) in [5.74, 6) is 1.10. The van der Waals surface area contributed by atoms with Crippen molar-refractivity contribution in [3.05, 3.63) is 85.2 Å². The van der Waals surface area contributed by atoms with Crippen LogP contribution in [0.25, 0.3) is 10.8 Å². The Hall–Kier alpha value is -4.27. The van der Waals surface area contributed by atoms with Crippen molar-refractivity contribution in [2.24, 2.45) is 0 Å². The molecular formula is C28H27N5O6S3. The number of nitrogens with one attached hydrogen (secondary N) is 3. The first-order valence-electron chi connectivity index (χ1n) is 12.8. The first-order valence-corrected chi connectivity index (χ1v) is 16.6. The van der Waals surface area contributed by atoms with Crippen LogP contribution in [0.1, 0.15) is 13.8 Å². The lowest BCUT2D eigenvalue weighted by Crippen LogP contribution is -2.16. The molecule has 0 amide bonds. The van der Waals surface area contributed by atoms with E-state index < -0.39 is 20.0 Å². The van der Waals surface area contributed by atoms with Crippen LogP contribution in [0.5, 0.6) is 11.5 Å². The summed E-state index contributed by atoms with van der Waals surface area (Å²) in [5, 5.41) is 7.95. The average molecular weight is 626 g/mol. The van der Waals surface area contributed by atoms with Gasteiger partial charge in [-0.1, -0.05) is 24.3 Å². The molecule has 0 unspecified atom stereocenters. The number of hydrogen-bond acceptors (Lipinski definition) is 9. The van der Waals surface area contributed by atoms with E-state index in [1.54, 1.807) is 54.6 Å². The highest BCUT2D eigenvalue weighted by Gasteiger charge is 2.23. The number of fused-ring (bicyclic) bond motifs is 1. The molecule has 11 nitrogen and oxygen atoms in total. The van der Waals surface area contributed by atoms with Gasteiger partial charge in [-0.15, -0.1) is 0 Å². The molecule has 0 spiro atoms. The Morgan fingerprint density at radius 2 is 1.31 bits per heavy atom. The average Bonchev–Trinajstić information content (AvgIpc) is 3.49. The summed E-state index contributed by atoms with van der Waals surface area (Å²) in [4.78, 5) is 4.61. The van der Waals surface area contributed by atoms with Crippen molar-refractivity contribution in [2.45, 2.75) is 33.7 Å². The fourth-order valence-corrected chi connectivity index (χ4v) is 7.21. The Kier molecular flexibility index (Phi) is 8.56. The Morgan fingerprint density at radius 1 is 0.762 bits per heavy atom. The zero-order valence-corrected chi connectivity index (χ0v) is 25.0. The van der Waals surface area contributed by atoms with Crippen molar-refractivity contribution in [3.8, 4) is 11.5 Å². The minimum absolute atomic E-state index is 0.0333. The second-order valence-electron chi connectivity index (χ2n) is 8.76. The second-order valence-corrected chi connectivity index (χ2v) is 13.2. The lowest BCUT2D eigenvalue weighted by atomic mass is 10.1. The molecule has 0 bridgehead atoms. The normalized spacial score (nSPS) is 11.8. The van der Waals surface area contributed by atoms with Crippen molar-refractivity contribution in [2.75, 3.05) is 22.7 Å². The van der Waals surface area contributed by atoms with Gasteiger partial charge in [0.15, 0.2) is 5.16 Å². The van der Waals surface area contributed by atoms with Gasteiger partial charge in [0.05, 0.1) is 34.4 Å². The quantitative estimate of drug-likeness (QED) is 0.163. The monoisotopic (exact) mass is 625 g/mol. The first kappa shape index (κ1) is 29.2. The van der Waals surface area contributed by atoms with Crippen LogP contribution in [0.3, 0.4) is 0 Å². The van der Waals surface area contributed by atoms with Gasteiger partial charge >= 0.3 is 0 Å². The number of ether oxygens (including phenoxy) is 2. The summed E-state index contributed by atoms with van der Waals surface area (Å²) >= 11 is 1.10. The van der Waals surface area contributed by atoms with Crippen LogP contribution < -0.4 is 18.9 Å². The molecule has 3 N–H and O–H groups in total. The summed E-state index contributed by atoms with van der Waals surface area (Å²) in [6, 6.07) is 20.6. The molecule has 5 rings (SSSR count). The topological polar surface area (TPSA) is 152 Å². The van der Waals surface area contributed by atoms with Gasteiger partial charge in [0.25, 0.3) is 20.0 Å². The third kappa shape index (κ3) is 6.45. The molecule has 0 fully saturated rings. The largest absolute Gasteiger partial charge is 0.494 e. The van der Waals surface area contributed by atoms with E-state index in [1.165, 1.54) is 30.6 Å². The molecule has 218 valence electrons. The molecule has 1 aromatic heterocycles. The minimum atomic E-state index is -4.05.